The van der Waals surface area contributed by atoms with Crippen LogP contribution in [0.25, 0.3) is 11.0 Å². The first-order chi connectivity index (χ1) is 8.63. The van der Waals surface area contributed by atoms with Crippen molar-refractivity contribution in [3.05, 3.63) is 39.2 Å². The second-order valence-electron chi connectivity index (χ2n) is 4.12. The Kier molecular flexibility index (Phi) is 3.19. The third-order valence-electron chi connectivity index (χ3n) is 3.21. The average Bonchev–Trinajstić information content (AvgIpc) is 2.37. The second kappa shape index (κ2) is 4.64. The van der Waals surface area contributed by atoms with Gasteiger partial charge in [0.25, 0.3) is 0 Å². The van der Waals surface area contributed by atoms with E-state index in [4.69, 9.17) is 10.2 Å². The number of nitrogens with two attached hydrogens (primary N) is 1. The fraction of sp³-hybridized carbons (Fsp3) is 0.286. The zero-order valence-electron chi connectivity index (χ0n) is 10.4. The Balaban J connectivity index is 2.99. The fourth-order valence-electron chi connectivity index (χ4n) is 2.30. The van der Waals surface area contributed by atoms with Crippen LogP contribution < -0.4 is 11.4 Å². The number of aryl methyl sites for hydroxylation is 2. The molecule has 4 nitrogen and oxygen atoms in total. The minimum atomic E-state index is -0.679. The van der Waals surface area contributed by atoms with Crippen LogP contribution in [0.3, 0.4) is 0 Å². The highest BCUT2D eigenvalue weighted by atomic mass is 16.4. The van der Waals surface area contributed by atoms with Crippen molar-refractivity contribution in [1.82, 2.24) is 0 Å². The highest BCUT2D eigenvalue weighted by Crippen LogP contribution is 2.28. The maximum atomic E-state index is 11.6. The predicted molar refractivity (Wildman–Crippen MR) is 71.0 cm³/mol. The summed E-state index contributed by atoms with van der Waals surface area (Å²) in [6.45, 7) is 4.06. The van der Waals surface area contributed by atoms with Crippen molar-refractivity contribution in [2.75, 3.05) is 5.73 Å². The average molecular weight is 245 g/mol. The summed E-state index contributed by atoms with van der Waals surface area (Å²) in [4.78, 5) is 22.5. The molecule has 0 saturated carbocycles. The van der Waals surface area contributed by atoms with Gasteiger partial charge in [-0.15, -0.1) is 0 Å². The first-order valence-electron chi connectivity index (χ1n) is 5.96. The quantitative estimate of drug-likeness (QED) is 0.665. The van der Waals surface area contributed by atoms with E-state index in [-0.39, 0.29) is 11.3 Å². The normalized spacial score (nSPS) is 10.8. The van der Waals surface area contributed by atoms with Gasteiger partial charge in [0, 0.05) is 5.39 Å². The largest absolute Gasteiger partial charge is 0.422 e. The molecule has 1 aromatic heterocycles. The Labute approximate surface area is 104 Å². The van der Waals surface area contributed by atoms with Crippen LogP contribution in [-0.4, -0.2) is 6.29 Å². The molecule has 18 heavy (non-hydrogen) atoms. The molecular weight excluding hydrogens is 230 g/mol. The summed E-state index contributed by atoms with van der Waals surface area (Å²) in [6.07, 6.45) is 2.10. The molecule has 0 unspecified atom stereocenters. The van der Waals surface area contributed by atoms with Crippen molar-refractivity contribution in [3.8, 4) is 0 Å². The lowest BCUT2D eigenvalue weighted by Gasteiger charge is -2.11. The minimum Gasteiger partial charge on any atom is -0.422 e. The molecule has 0 aliphatic carbocycles. The lowest BCUT2D eigenvalue weighted by Crippen LogP contribution is -2.12. The molecule has 94 valence electrons. The van der Waals surface area contributed by atoms with Crippen LogP contribution in [0.15, 0.2) is 21.3 Å². The van der Waals surface area contributed by atoms with E-state index in [0.29, 0.717) is 17.3 Å². The van der Waals surface area contributed by atoms with Crippen molar-refractivity contribution < 1.29 is 9.21 Å². The number of carbonyl (C=O) groups is 1. The Hall–Kier alpha value is -2.10. The van der Waals surface area contributed by atoms with E-state index in [1.807, 2.05) is 13.0 Å². The van der Waals surface area contributed by atoms with E-state index in [1.54, 1.807) is 6.07 Å². The molecule has 0 aliphatic heterocycles. The van der Waals surface area contributed by atoms with Gasteiger partial charge in [0.1, 0.15) is 11.1 Å². The summed E-state index contributed by atoms with van der Waals surface area (Å²) < 4.78 is 5.14. The maximum Gasteiger partial charge on any atom is 0.349 e. The van der Waals surface area contributed by atoms with Gasteiger partial charge >= 0.3 is 5.63 Å². The number of hydrogen-bond acceptors (Lipinski definition) is 4. The number of aldehydes is 1. The summed E-state index contributed by atoms with van der Waals surface area (Å²) in [5.74, 6) is 0. The molecule has 0 bridgehead atoms. The summed E-state index contributed by atoms with van der Waals surface area (Å²) in [5.41, 5.74) is 8.03. The molecule has 0 atom stereocenters. The standard InChI is InChI=1S/C14H15NO3/c1-3-8-5-6-11-12(9(8)4-2)13(15)10(7-16)14(17)18-11/h5-7H,3-4,15H2,1-2H3. The summed E-state index contributed by atoms with van der Waals surface area (Å²) in [5, 5.41) is 0.693. The topological polar surface area (TPSA) is 73.3 Å². The van der Waals surface area contributed by atoms with Crippen molar-refractivity contribution >= 4 is 22.9 Å². The molecule has 4 heteroatoms. The molecule has 1 heterocycles. The number of carbonyl (C=O) groups excluding carboxylic acids is 1. The van der Waals surface area contributed by atoms with Crippen molar-refractivity contribution in [2.24, 2.45) is 0 Å². The van der Waals surface area contributed by atoms with Gasteiger partial charge in [-0.3, -0.25) is 4.79 Å². The predicted octanol–water partition coefficient (Wildman–Crippen LogP) is 2.31. The lowest BCUT2D eigenvalue weighted by atomic mass is 9.96. The van der Waals surface area contributed by atoms with E-state index in [2.05, 4.69) is 6.92 Å². The minimum absolute atomic E-state index is 0.0922. The summed E-state index contributed by atoms with van der Waals surface area (Å²) in [6, 6.07) is 3.67. The molecule has 0 fully saturated rings. The molecule has 1 aromatic carbocycles. The zero-order chi connectivity index (χ0) is 13.3. The Morgan fingerprint density at radius 3 is 2.56 bits per heavy atom. The number of benzene rings is 1. The van der Waals surface area contributed by atoms with Crippen LogP contribution in [0.2, 0.25) is 0 Å². The molecule has 0 spiro atoms. The zero-order valence-corrected chi connectivity index (χ0v) is 10.4. The number of anilines is 1. The van der Waals surface area contributed by atoms with Gasteiger partial charge in [0.2, 0.25) is 0 Å². The van der Waals surface area contributed by atoms with Gasteiger partial charge in [-0.05, 0) is 30.0 Å². The van der Waals surface area contributed by atoms with Gasteiger partial charge in [-0.2, -0.15) is 0 Å². The molecule has 0 saturated heterocycles. The molecule has 0 aliphatic rings. The smallest absolute Gasteiger partial charge is 0.349 e. The Morgan fingerprint density at radius 1 is 1.28 bits per heavy atom. The first-order valence-corrected chi connectivity index (χ1v) is 5.96. The molecule has 2 rings (SSSR count). The van der Waals surface area contributed by atoms with Crippen molar-refractivity contribution in [2.45, 2.75) is 26.7 Å². The van der Waals surface area contributed by atoms with Gasteiger partial charge in [-0.25, -0.2) is 4.79 Å². The van der Waals surface area contributed by atoms with Gasteiger partial charge in [0.15, 0.2) is 6.29 Å². The van der Waals surface area contributed by atoms with E-state index >= 15 is 0 Å². The van der Waals surface area contributed by atoms with Crippen LogP contribution in [0.4, 0.5) is 5.69 Å². The highest BCUT2D eigenvalue weighted by molar-refractivity contribution is 6.00. The van der Waals surface area contributed by atoms with Crippen LogP contribution in [0, 0.1) is 0 Å². The first kappa shape index (κ1) is 12.4. The molecule has 0 radical (unpaired) electrons. The van der Waals surface area contributed by atoms with E-state index in [9.17, 15) is 9.59 Å². The number of fused-ring (bicyclic) bond motifs is 1. The van der Waals surface area contributed by atoms with E-state index < -0.39 is 5.63 Å². The molecule has 2 N–H and O–H groups in total. The van der Waals surface area contributed by atoms with Crippen molar-refractivity contribution in [3.63, 3.8) is 0 Å². The van der Waals surface area contributed by atoms with Crippen LogP contribution >= 0.6 is 0 Å². The van der Waals surface area contributed by atoms with Gasteiger partial charge < -0.3 is 10.2 Å². The summed E-state index contributed by atoms with van der Waals surface area (Å²) >= 11 is 0. The van der Waals surface area contributed by atoms with Crippen LogP contribution in [-0.2, 0) is 12.8 Å². The van der Waals surface area contributed by atoms with Crippen LogP contribution in [0.5, 0.6) is 0 Å². The number of nitrogen functional groups attached to an aromatic ring is 1. The molecular formula is C14H15NO3. The summed E-state index contributed by atoms with van der Waals surface area (Å²) in [7, 11) is 0. The SMILES string of the molecule is CCc1ccc2oc(=O)c(C=O)c(N)c2c1CC. The Morgan fingerprint density at radius 2 is 2.00 bits per heavy atom. The molecule has 2 aromatic rings. The van der Waals surface area contributed by atoms with Crippen LogP contribution in [0.1, 0.15) is 35.3 Å². The monoisotopic (exact) mass is 245 g/mol. The highest BCUT2D eigenvalue weighted by Gasteiger charge is 2.15. The third-order valence-corrected chi connectivity index (χ3v) is 3.21. The van der Waals surface area contributed by atoms with Crippen molar-refractivity contribution in [1.29, 1.82) is 0 Å². The Bertz CT molecular complexity index is 671. The maximum absolute atomic E-state index is 11.6. The lowest BCUT2D eigenvalue weighted by molar-refractivity contribution is 0.112. The third kappa shape index (κ3) is 1.70. The second-order valence-corrected chi connectivity index (χ2v) is 4.12. The van der Waals surface area contributed by atoms with E-state index in [1.165, 1.54) is 0 Å². The van der Waals surface area contributed by atoms with Gasteiger partial charge in [-0.1, -0.05) is 19.9 Å². The molecule has 0 amide bonds. The number of rotatable bonds is 3. The number of hydrogen-bond donors (Lipinski definition) is 1. The fourth-order valence-corrected chi connectivity index (χ4v) is 2.30. The van der Waals surface area contributed by atoms with Gasteiger partial charge in [0.05, 0.1) is 5.69 Å². The van der Waals surface area contributed by atoms with E-state index in [0.717, 1.165) is 24.0 Å².